The van der Waals surface area contributed by atoms with E-state index in [0.29, 0.717) is 0 Å². The van der Waals surface area contributed by atoms with E-state index in [0.717, 1.165) is 49.4 Å². The summed E-state index contributed by atoms with van der Waals surface area (Å²) < 4.78 is 5.28. The Hall–Kier alpha value is -1.54. The van der Waals surface area contributed by atoms with Crippen LogP contribution in [0, 0.1) is 11.8 Å². The topological polar surface area (TPSA) is 52.9 Å². The van der Waals surface area contributed by atoms with Gasteiger partial charge in [-0.3, -0.25) is 4.90 Å². The van der Waals surface area contributed by atoms with Crippen molar-refractivity contribution in [1.82, 2.24) is 4.90 Å². The molecule has 21 heavy (non-hydrogen) atoms. The summed E-state index contributed by atoms with van der Waals surface area (Å²) in [5.74, 6) is 6.50. The second-order valence-corrected chi connectivity index (χ2v) is 5.76. The van der Waals surface area contributed by atoms with Crippen LogP contribution in [0.1, 0.15) is 30.9 Å². The number of aliphatic hydroxyl groups excluding tert-OH is 1. The molecule has 2 rings (SSSR count). The number of nitrogens with zero attached hydrogens (tertiary/aromatic N) is 1. The van der Waals surface area contributed by atoms with Crippen molar-refractivity contribution in [3.05, 3.63) is 29.3 Å². The van der Waals surface area contributed by atoms with E-state index in [9.17, 15) is 5.11 Å². The van der Waals surface area contributed by atoms with Gasteiger partial charge in [-0.2, -0.15) is 0 Å². The molecule has 0 radical (unpaired) electrons. The molecule has 114 valence electrons. The molecule has 0 aliphatic carbocycles. The Morgan fingerprint density at radius 1 is 1.33 bits per heavy atom. The van der Waals surface area contributed by atoms with Crippen molar-refractivity contribution in [2.45, 2.75) is 31.9 Å². The van der Waals surface area contributed by atoms with Crippen molar-refractivity contribution in [2.75, 3.05) is 26.8 Å². The highest BCUT2D eigenvalue weighted by Gasteiger charge is 2.27. The zero-order valence-corrected chi connectivity index (χ0v) is 12.7. The summed E-state index contributed by atoms with van der Waals surface area (Å²) in [4.78, 5) is 2.32. The molecule has 0 atom stereocenters. The van der Waals surface area contributed by atoms with E-state index in [-0.39, 0.29) is 6.61 Å². The molecule has 0 amide bonds. The minimum absolute atomic E-state index is 0.141. The first-order chi connectivity index (χ1) is 10.0. The first-order valence-corrected chi connectivity index (χ1v) is 7.25. The van der Waals surface area contributed by atoms with Crippen LogP contribution >= 0.6 is 0 Å². The number of likely N-dealkylation sites (tertiary alicyclic amines) is 1. The fraction of sp³-hybridized carbons (Fsp3) is 0.529. The molecule has 4 heteroatoms. The van der Waals surface area contributed by atoms with E-state index in [2.05, 4.69) is 16.7 Å². The lowest BCUT2D eigenvalue weighted by atomic mass is 9.93. The van der Waals surface area contributed by atoms with Gasteiger partial charge in [-0.15, -0.1) is 0 Å². The van der Waals surface area contributed by atoms with E-state index in [1.165, 1.54) is 0 Å². The van der Waals surface area contributed by atoms with Crippen molar-refractivity contribution < 1.29 is 14.9 Å². The number of benzene rings is 1. The largest absolute Gasteiger partial charge is 0.497 e. The molecular formula is C17H23NO3. The lowest BCUT2D eigenvalue weighted by Crippen LogP contribution is -2.42. The van der Waals surface area contributed by atoms with E-state index < -0.39 is 5.60 Å². The molecule has 0 spiro atoms. The summed E-state index contributed by atoms with van der Waals surface area (Å²) >= 11 is 0. The molecule has 1 aromatic carbocycles. The van der Waals surface area contributed by atoms with Crippen LogP contribution in [0.15, 0.2) is 18.2 Å². The Labute approximate surface area is 126 Å². The molecule has 0 unspecified atom stereocenters. The van der Waals surface area contributed by atoms with Crippen molar-refractivity contribution in [1.29, 1.82) is 0 Å². The molecule has 0 aromatic heterocycles. The van der Waals surface area contributed by atoms with Gasteiger partial charge in [0.2, 0.25) is 0 Å². The highest BCUT2D eigenvalue weighted by molar-refractivity contribution is 5.45. The van der Waals surface area contributed by atoms with Crippen LogP contribution in [0.4, 0.5) is 0 Å². The number of aliphatic hydroxyl groups is 2. The van der Waals surface area contributed by atoms with Gasteiger partial charge in [0.05, 0.1) is 12.7 Å². The quantitative estimate of drug-likeness (QED) is 0.826. The molecule has 1 saturated heterocycles. The minimum Gasteiger partial charge on any atom is -0.497 e. The third-order valence-electron chi connectivity index (χ3n) is 3.94. The standard InChI is InChI=1S/C17H23NO3/c1-17(20)7-9-18(10-8-17)13-15-12-16(21-2)6-5-14(15)4-3-11-19/h5-6,12,19-20H,7-11,13H2,1-2H3. The molecule has 0 bridgehead atoms. The smallest absolute Gasteiger partial charge is 0.119 e. The average molecular weight is 289 g/mol. The van der Waals surface area contributed by atoms with Gasteiger partial charge in [0.15, 0.2) is 0 Å². The second kappa shape index (κ2) is 6.95. The van der Waals surface area contributed by atoms with Gasteiger partial charge in [-0.05, 0) is 43.5 Å². The van der Waals surface area contributed by atoms with Crippen LogP contribution in [-0.4, -0.2) is 47.5 Å². The van der Waals surface area contributed by atoms with Gasteiger partial charge < -0.3 is 14.9 Å². The number of methoxy groups -OCH3 is 1. The van der Waals surface area contributed by atoms with Crippen molar-refractivity contribution >= 4 is 0 Å². The molecule has 1 aliphatic heterocycles. The van der Waals surface area contributed by atoms with Crippen LogP contribution in [0.25, 0.3) is 0 Å². The number of hydrogen-bond acceptors (Lipinski definition) is 4. The summed E-state index contributed by atoms with van der Waals surface area (Å²) in [6.45, 7) is 4.28. The molecule has 0 saturated carbocycles. The molecule has 1 fully saturated rings. The van der Waals surface area contributed by atoms with E-state index in [1.807, 2.05) is 25.1 Å². The molecule has 4 nitrogen and oxygen atoms in total. The van der Waals surface area contributed by atoms with Gasteiger partial charge in [-0.25, -0.2) is 0 Å². The second-order valence-electron chi connectivity index (χ2n) is 5.76. The minimum atomic E-state index is -0.537. The summed E-state index contributed by atoms with van der Waals surface area (Å²) in [5, 5.41) is 18.9. The highest BCUT2D eigenvalue weighted by Crippen LogP contribution is 2.24. The third kappa shape index (κ3) is 4.47. The summed E-state index contributed by atoms with van der Waals surface area (Å²) in [6.07, 6.45) is 1.57. The van der Waals surface area contributed by atoms with E-state index in [4.69, 9.17) is 9.84 Å². The van der Waals surface area contributed by atoms with Gasteiger partial charge in [-0.1, -0.05) is 11.8 Å². The van der Waals surface area contributed by atoms with Crippen LogP contribution in [0.2, 0.25) is 0 Å². The Morgan fingerprint density at radius 2 is 2.05 bits per heavy atom. The Balaban J connectivity index is 2.14. The zero-order valence-electron chi connectivity index (χ0n) is 12.7. The van der Waals surface area contributed by atoms with Gasteiger partial charge in [0, 0.05) is 25.2 Å². The van der Waals surface area contributed by atoms with Crippen LogP contribution in [-0.2, 0) is 6.54 Å². The third-order valence-corrected chi connectivity index (χ3v) is 3.94. The maximum Gasteiger partial charge on any atom is 0.119 e. The fourth-order valence-electron chi connectivity index (χ4n) is 2.52. The van der Waals surface area contributed by atoms with Crippen LogP contribution < -0.4 is 4.74 Å². The predicted octanol–water partition coefficient (Wildman–Crippen LogP) is 1.39. The number of piperidine rings is 1. The molecule has 1 aliphatic rings. The Morgan fingerprint density at radius 3 is 2.67 bits per heavy atom. The SMILES string of the molecule is COc1ccc(C#CCO)c(CN2CCC(C)(O)CC2)c1. The van der Waals surface area contributed by atoms with Crippen molar-refractivity contribution in [2.24, 2.45) is 0 Å². The fourth-order valence-corrected chi connectivity index (χ4v) is 2.52. The summed E-state index contributed by atoms with van der Waals surface area (Å²) in [5.41, 5.74) is 1.48. The van der Waals surface area contributed by atoms with Gasteiger partial charge in [0.25, 0.3) is 0 Å². The first-order valence-electron chi connectivity index (χ1n) is 7.25. The van der Waals surface area contributed by atoms with E-state index in [1.54, 1.807) is 7.11 Å². The molecule has 1 heterocycles. The van der Waals surface area contributed by atoms with Gasteiger partial charge >= 0.3 is 0 Å². The Kier molecular flexibility index (Phi) is 5.24. The Bertz CT molecular complexity index is 533. The number of hydrogen-bond donors (Lipinski definition) is 2. The molecular weight excluding hydrogens is 266 g/mol. The lowest BCUT2D eigenvalue weighted by Gasteiger charge is -2.35. The summed E-state index contributed by atoms with van der Waals surface area (Å²) in [7, 11) is 1.65. The average Bonchev–Trinajstić information content (AvgIpc) is 2.48. The molecule has 1 aromatic rings. The van der Waals surface area contributed by atoms with Crippen molar-refractivity contribution in [3.63, 3.8) is 0 Å². The first kappa shape index (κ1) is 15.8. The number of ether oxygens (including phenoxy) is 1. The maximum absolute atomic E-state index is 10.0. The summed E-state index contributed by atoms with van der Waals surface area (Å²) in [6, 6.07) is 5.80. The van der Waals surface area contributed by atoms with Crippen molar-refractivity contribution in [3.8, 4) is 17.6 Å². The lowest BCUT2D eigenvalue weighted by molar-refractivity contribution is -0.00732. The van der Waals surface area contributed by atoms with Gasteiger partial charge in [0.1, 0.15) is 12.4 Å². The van der Waals surface area contributed by atoms with E-state index >= 15 is 0 Å². The molecule has 2 N–H and O–H groups in total. The predicted molar refractivity (Wildman–Crippen MR) is 82.1 cm³/mol. The van der Waals surface area contributed by atoms with Crippen LogP contribution in [0.5, 0.6) is 5.75 Å². The highest BCUT2D eigenvalue weighted by atomic mass is 16.5. The van der Waals surface area contributed by atoms with Crippen LogP contribution in [0.3, 0.4) is 0 Å². The normalized spacial score (nSPS) is 17.9. The maximum atomic E-state index is 10.0. The monoisotopic (exact) mass is 289 g/mol. The zero-order chi connectivity index (χ0) is 15.3. The number of rotatable bonds is 3.